The summed E-state index contributed by atoms with van der Waals surface area (Å²) >= 11 is 0. The van der Waals surface area contributed by atoms with E-state index in [0.29, 0.717) is 0 Å². The Kier molecular flexibility index (Phi) is 10.9. The highest BCUT2D eigenvalue weighted by Gasteiger charge is 2.44. The molecular formula is C70H47BN4. The smallest absolute Gasteiger partial charge is 0.252 e. The van der Waals surface area contributed by atoms with E-state index in [-0.39, 0.29) is 6.71 Å². The third kappa shape index (κ3) is 7.99. The summed E-state index contributed by atoms with van der Waals surface area (Å²) in [7, 11) is 0. The molecule has 12 aromatic rings. The molecule has 75 heavy (non-hydrogen) atoms. The van der Waals surface area contributed by atoms with Gasteiger partial charge < -0.3 is 9.80 Å². The van der Waals surface area contributed by atoms with Gasteiger partial charge in [0.05, 0.1) is 5.69 Å². The van der Waals surface area contributed by atoms with Crippen LogP contribution in [0.4, 0.5) is 34.1 Å². The van der Waals surface area contributed by atoms with Crippen LogP contribution in [0.2, 0.25) is 0 Å². The summed E-state index contributed by atoms with van der Waals surface area (Å²) in [5, 5.41) is 0. The summed E-state index contributed by atoms with van der Waals surface area (Å²) in [5.74, 6) is 0. The van der Waals surface area contributed by atoms with E-state index in [1.807, 2.05) is 12.3 Å². The molecule has 3 heterocycles. The first-order valence-electron chi connectivity index (χ1n) is 25.6. The molecule has 0 N–H and O–H groups in total. The van der Waals surface area contributed by atoms with Gasteiger partial charge in [-0.1, -0.05) is 206 Å². The van der Waals surface area contributed by atoms with Crippen molar-refractivity contribution in [1.29, 1.82) is 0 Å². The van der Waals surface area contributed by atoms with Crippen LogP contribution < -0.4 is 26.2 Å². The van der Waals surface area contributed by atoms with E-state index < -0.39 is 0 Å². The number of rotatable bonds is 9. The molecule has 0 radical (unpaired) electrons. The Balaban J connectivity index is 1.11. The molecule has 350 valence electrons. The lowest BCUT2D eigenvalue weighted by molar-refractivity contribution is 1.17. The summed E-state index contributed by atoms with van der Waals surface area (Å²) in [6.45, 7) is -0.156. The highest BCUT2D eigenvalue weighted by molar-refractivity contribution is 7.00. The zero-order valence-corrected chi connectivity index (χ0v) is 41.0. The molecular weight excluding hydrogens is 908 g/mol. The molecule has 0 unspecified atom stereocenters. The van der Waals surface area contributed by atoms with Crippen molar-refractivity contribution in [3.8, 4) is 78.0 Å². The fourth-order valence-corrected chi connectivity index (χ4v) is 11.5. The standard InChI is InChI=1S/C70H47BN4/c1-7-19-48(20-8-1)54-31-33-66-63(43-54)71-64-44-55(49-21-9-2-10-22-49)32-34-67(64)75(62-41-58(52-27-15-5-16-28-52)38-59(42-62)53-29-17-6-18-30-53)69-46-60(65-35-36-72-47-73-65)45-68(70(69)71)74(66)61-39-56(50-23-11-3-12-24-50)37-57(40-61)51-25-13-4-14-26-51/h1-47H. The minimum atomic E-state index is -0.156. The monoisotopic (exact) mass is 954 g/mol. The predicted molar refractivity (Wildman–Crippen MR) is 314 cm³/mol. The van der Waals surface area contributed by atoms with Gasteiger partial charge in [0.1, 0.15) is 6.33 Å². The second kappa shape index (κ2) is 18.6. The molecule has 2 aliphatic rings. The largest absolute Gasteiger partial charge is 0.311 e. The van der Waals surface area contributed by atoms with Crippen molar-refractivity contribution in [2.24, 2.45) is 0 Å². The Hall–Kier alpha value is -9.84. The first-order valence-corrected chi connectivity index (χ1v) is 25.6. The number of benzene rings is 11. The molecule has 0 atom stereocenters. The predicted octanol–water partition coefficient (Wildman–Crippen LogP) is 16.2. The van der Waals surface area contributed by atoms with Gasteiger partial charge in [0.2, 0.25) is 0 Å². The van der Waals surface area contributed by atoms with E-state index in [4.69, 9.17) is 4.98 Å². The molecule has 0 amide bonds. The van der Waals surface area contributed by atoms with Crippen molar-refractivity contribution in [2.45, 2.75) is 0 Å². The van der Waals surface area contributed by atoms with Crippen molar-refractivity contribution in [3.05, 3.63) is 286 Å². The quantitative estimate of drug-likeness (QED) is 0.135. The van der Waals surface area contributed by atoms with E-state index >= 15 is 0 Å². The summed E-state index contributed by atoms with van der Waals surface area (Å²) < 4.78 is 0. The van der Waals surface area contributed by atoms with E-state index in [1.54, 1.807) is 6.33 Å². The molecule has 0 saturated heterocycles. The van der Waals surface area contributed by atoms with Crippen molar-refractivity contribution < 1.29 is 0 Å². The van der Waals surface area contributed by atoms with Crippen LogP contribution in [0.1, 0.15) is 0 Å². The summed E-state index contributed by atoms with van der Waals surface area (Å²) in [5.41, 5.74) is 26.0. The lowest BCUT2D eigenvalue weighted by Gasteiger charge is -2.45. The molecule has 1 aromatic heterocycles. The Morgan fingerprint density at radius 1 is 0.267 bits per heavy atom. The Labute approximate surface area is 438 Å². The fourth-order valence-electron chi connectivity index (χ4n) is 11.5. The molecule has 5 heteroatoms. The summed E-state index contributed by atoms with van der Waals surface area (Å²) in [4.78, 5) is 14.4. The molecule has 0 saturated carbocycles. The van der Waals surface area contributed by atoms with Gasteiger partial charge in [-0.15, -0.1) is 0 Å². The van der Waals surface area contributed by atoms with Gasteiger partial charge in [-0.25, -0.2) is 9.97 Å². The van der Waals surface area contributed by atoms with E-state index in [0.717, 1.165) is 89.9 Å². The topological polar surface area (TPSA) is 32.3 Å². The van der Waals surface area contributed by atoms with Crippen molar-refractivity contribution in [3.63, 3.8) is 0 Å². The first kappa shape index (κ1) is 43.9. The SMILES string of the molecule is c1ccc(-c2cc(-c3ccccc3)cc(N3c4ccc(-c5ccccc5)cc4B4c5cc(-c6ccccc6)ccc5N(c5cc(-c6ccccc6)cc(-c6ccccc6)c5)c5cc(-c6ccncn6)cc3c54)c2)cc1. The summed E-state index contributed by atoms with van der Waals surface area (Å²) in [6.07, 6.45) is 3.50. The molecule has 0 spiro atoms. The maximum atomic E-state index is 4.95. The third-order valence-corrected chi connectivity index (χ3v) is 14.9. The van der Waals surface area contributed by atoms with Crippen LogP contribution in [-0.4, -0.2) is 16.7 Å². The van der Waals surface area contributed by atoms with Crippen LogP contribution in [0, 0.1) is 0 Å². The van der Waals surface area contributed by atoms with Gasteiger partial charge in [-0.3, -0.25) is 0 Å². The number of nitrogens with zero attached hydrogens (tertiary/aromatic N) is 4. The van der Waals surface area contributed by atoms with E-state index in [1.165, 1.54) is 38.6 Å². The van der Waals surface area contributed by atoms with E-state index in [2.05, 4.69) is 282 Å². The van der Waals surface area contributed by atoms with Crippen molar-refractivity contribution in [2.75, 3.05) is 9.80 Å². The number of aromatic nitrogens is 2. The molecule has 2 aliphatic heterocycles. The van der Waals surface area contributed by atoms with Gasteiger partial charge in [0.25, 0.3) is 6.71 Å². The van der Waals surface area contributed by atoms with Crippen LogP contribution in [0.15, 0.2) is 286 Å². The van der Waals surface area contributed by atoms with Crippen LogP contribution in [0.25, 0.3) is 78.0 Å². The van der Waals surface area contributed by atoms with Crippen molar-refractivity contribution >= 4 is 57.2 Å². The molecule has 14 rings (SSSR count). The minimum Gasteiger partial charge on any atom is -0.311 e. The lowest BCUT2D eigenvalue weighted by atomic mass is 9.33. The highest BCUT2D eigenvalue weighted by atomic mass is 15.2. The first-order chi connectivity index (χ1) is 37.2. The maximum Gasteiger partial charge on any atom is 0.252 e. The van der Waals surface area contributed by atoms with Crippen molar-refractivity contribution in [1.82, 2.24) is 9.97 Å². The third-order valence-electron chi connectivity index (χ3n) is 14.9. The highest BCUT2D eigenvalue weighted by Crippen LogP contribution is 2.49. The Morgan fingerprint density at radius 3 is 0.947 bits per heavy atom. The van der Waals surface area contributed by atoms with Gasteiger partial charge in [0, 0.05) is 45.9 Å². The fraction of sp³-hybridized carbons (Fsp3) is 0. The van der Waals surface area contributed by atoms with Crippen LogP contribution >= 0.6 is 0 Å². The number of anilines is 6. The number of hydrogen-bond acceptors (Lipinski definition) is 4. The Bertz CT molecular complexity index is 3680. The molecule has 0 bridgehead atoms. The lowest BCUT2D eigenvalue weighted by Crippen LogP contribution is -2.61. The normalized spacial score (nSPS) is 12.2. The number of hydrogen-bond donors (Lipinski definition) is 0. The maximum absolute atomic E-state index is 4.95. The minimum absolute atomic E-state index is 0.156. The van der Waals surface area contributed by atoms with Gasteiger partial charge in [-0.05, 0) is 150 Å². The van der Waals surface area contributed by atoms with Gasteiger partial charge in [-0.2, -0.15) is 0 Å². The number of fused-ring (bicyclic) bond motifs is 4. The molecule has 4 nitrogen and oxygen atoms in total. The average Bonchev–Trinajstić information content (AvgIpc) is 3.51. The molecule has 11 aromatic carbocycles. The average molecular weight is 955 g/mol. The molecule has 0 aliphatic carbocycles. The zero-order valence-electron chi connectivity index (χ0n) is 41.0. The summed E-state index contributed by atoms with van der Waals surface area (Å²) in [6, 6.07) is 99.9. The van der Waals surface area contributed by atoms with Crippen LogP contribution in [0.5, 0.6) is 0 Å². The second-order valence-electron chi connectivity index (χ2n) is 19.4. The van der Waals surface area contributed by atoms with Crippen LogP contribution in [-0.2, 0) is 0 Å². The van der Waals surface area contributed by atoms with Crippen LogP contribution in [0.3, 0.4) is 0 Å². The van der Waals surface area contributed by atoms with Gasteiger partial charge >= 0.3 is 0 Å². The Morgan fingerprint density at radius 2 is 0.613 bits per heavy atom. The molecule has 0 fully saturated rings. The van der Waals surface area contributed by atoms with E-state index in [9.17, 15) is 0 Å². The zero-order chi connectivity index (χ0) is 49.7. The second-order valence-corrected chi connectivity index (χ2v) is 19.4. The van der Waals surface area contributed by atoms with Gasteiger partial charge in [0.15, 0.2) is 0 Å².